The third kappa shape index (κ3) is 4.58. The van der Waals surface area contributed by atoms with Gasteiger partial charge in [0, 0.05) is 45.3 Å². The Balaban J connectivity index is 1.71. The molecule has 3 rings (SSSR count). The number of carbonyl (C=O) groups is 1. The Morgan fingerprint density at radius 1 is 1.15 bits per heavy atom. The van der Waals surface area contributed by atoms with Crippen LogP contribution in [0.4, 0.5) is 8.78 Å². The minimum atomic E-state index is -1.12. The maximum Gasteiger partial charge on any atom is 0.260 e. The average molecular weight is 381 g/mol. The van der Waals surface area contributed by atoms with Crippen LogP contribution in [0.25, 0.3) is 0 Å². The predicted octanol–water partition coefficient (Wildman–Crippen LogP) is 2.61. The number of nitrogens with zero attached hydrogens (tertiary/aromatic N) is 3. The summed E-state index contributed by atoms with van der Waals surface area (Å²) in [6.45, 7) is 5.67. The molecule has 0 radical (unpaired) electrons. The van der Waals surface area contributed by atoms with Gasteiger partial charge in [-0.3, -0.25) is 4.79 Å². The first kappa shape index (κ1) is 20.0. The molecule has 2 aliphatic heterocycles. The average Bonchev–Trinajstić information content (AvgIpc) is 2.69. The first-order valence-corrected chi connectivity index (χ1v) is 9.75. The molecule has 0 spiro atoms. The van der Waals surface area contributed by atoms with Crippen molar-refractivity contribution < 1.29 is 18.3 Å². The second-order valence-corrected chi connectivity index (χ2v) is 7.52. The van der Waals surface area contributed by atoms with Crippen LogP contribution in [0.3, 0.4) is 0 Å². The summed E-state index contributed by atoms with van der Waals surface area (Å²) in [5.41, 5.74) is -0.288. The van der Waals surface area contributed by atoms with E-state index in [2.05, 4.69) is 16.8 Å². The molecule has 150 valence electrons. The van der Waals surface area contributed by atoms with Crippen molar-refractivity contribution in [3.8, 4) is 5.75 Å². The van der Waals surface area contributed by atoms with E-state index in [0.717, 1.165) is 64.5 Å². The lowest BCUT2D eigenvalue weighted by molar-refractivity contribution is 0.0560. The zero-order valence-corrected chi connectivity index (χ0v) is 16.2. The molecular formula is C20H29F2N3O2. The topological polar surface area (TPSA) is 36.0 Å². The molecule has 2 heterocycles. The number of benzene rings is 1. The van der Waals surface area contributed by atoms with Crippen molar-refractivity contribution in [2.75, 3.05) is 53.4 Å². The van der Waals surface area contributed by atoms with E-state index in [0.29, 0.717) is 6.54 Å². The Labute approximate surface area is 159 Å². The monoisotopic (exact) mass is 381 g/mol. The first-order chi connectivity index (χ1) is 13.0. The second-order valence-electron chi connectivity index (χ2n) is 7.52. The quantitative estimate of drug-likeness (QED) is 0.786. The van der Waals surface area contributed by atoms with Gasteiger partial charge in [-0.1, -0.05) is 0 Å². The molecule has 2 fully saturated rings. The van der Waals surface area contributed by atoms with Gasteiger partial charge in [-0.2, -0.15) is 0 Å². The van der Waals surface area contributed by atoms with Crippen LogP contribution < -0.4 is 4.74 Å². The molecule has 27 heavy (non-hydrogen) atoms. The molecule has 2 saturated heterocycles. The number of likely N-dealkylation sites (tertiary alicyclic amines) is 1. The third-order valence-electron chi connectivity index (χ3n) is 5.75. The fourth-order valence-corrected chi connectivity index (χ4v) is 4.02. The molecule has 0 N–H and O–H groups in total. The highest BCUT2D eigenvalue weighted by molar-refractivity contribution is 5.97. The van der Waals surface area contributed by atoms with Gasteiger partial charge in [0.05, 0.1) is 7.11 Å². The predicted molar refractivity (Wildman–Crippen MR) is 100 cm³/mol. The number of rotatable bonds is 5. The van der Waals surface area contributed by atoms with E-state index in [4.69, 9.17) is 4.74 Å². The highest BCUT2D eigenvalue weighted by Crippen LogP contribution is 2.29. The van der Waals surface area contributed by atoms with Crippen LogP contribution in [0, 0.1) is 11.6 Å². The van der Waals surface area contributed by atoms with Gasteiger partial charge in [0.1, 0.15) is 11.3 Å². The molecule has 1 aromatic carbocycles. The summed E-state index contributed by atoms with van der Waals surface area (Å²) in [6.07, 6.45) is 3.70. The Hall–Kier alpha value is -1.73. The minimum absolute atomic E-state index is 0.0540. The Kier molecular flexibility index (Phi) is 6.65. The summed E-state index contributed by atoms with van der Waals surface area (Å²) in [5.74, 6) is -2.53. The number of piperidine rings is 1. The van der Waals surface area contributed by atoms with Crippen molar-refractivity contribution in [3.05, 3.63) is 29.3 Å². The maximum atomic E-state index is 14.4. The lowest BCUT2D eigenvalue weighted by Gasteiger charge is -2.38. The molecule has 7 heteroatoms. The Morgan fingerprint density at radius 2 is 1.89 bits per heavy atom. The van der Waals surface area contributed by atoms with Gasteiger partial charge in [-0.15, -0.1) is 0 Å². The molecule has 1 atom stereocenters. The van der Waals surface area contributed by atoms with E-state index in [1.807, 2.05) is 0 Å². The molecule has 0 bridgehead atoms. The highest BCUT2D eigenvalue weighted by atomic mass is 19.2. The van der Waals surface area contributed by atoms with E-state index < -0.39 is 17.5 Å². The molecule has 1 aromatic rings. The van der Waals surface area contributed by atoms with Gasteiger partial charge >= 0.3 is 0 Å². The Bertz CT molecular complexity index is 663. The molecule has 0 saturated carbocycles. The number of methoxy groups -OCH3 is 1. The summed E-state index contributed by atoms with van der Waals surface area (Å²) in [7, 11) is 3.49. The highest BCUT2D eigenvalue weighted by Gasteiger charge is 2.32. The van der Waals surface area contributed by atoms with E-state index in [9.17, 15) is 13.6 Å². The second kappa shape index (κ2) is 8.97. The zero-order chi connectivity index (χ0) is 19.4. The normalized spacial score (nSPS) is 22.1. The number of amides is 1. The van der Waals surface area contributed by atoms with Crippen molar-refractivity contribution in [2.45, 2.75) is 31.7 Å². The molecular weight excluding hydrogens is 352 g/mol. The summed E-state index contributed by atoms with van der Waals surface area (Å²) in [4.78, 5) is 19.5. The van der Waals surface area contributed by atoms with E-state index in [1.165, 1.54) is 13.2 Å². The molecule has 0 aromatic heterocycles. The van der Waals surface area contributed by atoms with Crippen molar-refractivity contribution in [1.82, 2.24) is 14.7 Å². The third-order valence-corrected chi connectivity index (χ3v) is 5.75. The van der Waals surface area contributed by atoms with Crippen molar-refractivity contribution in [3.63, 3.8) is 0 Å². The lowest BCUT2D eigenvalue weighted by atomic mass is 9.97. The smallest absolute Gasteiger partial charge is 0.260 e. The maximum absolute atomic E-state index is 14.4. The SMILES string of the molecule is COc1ccc(F)c(F)c1C(=O)N1CCCCC1CCN1CCN(C)CC1. The summed E-state index contributed by atoms with van der Waals surface area (Å²) in [6, 6.07) is 2.36. The van der Waals surface area contributed by atoms with Gasteiger partial charge < -0.3 is 19.4 Å². The molecule has 2 aliphatic rings. The van der Waals surface area contributed by atoms with E-state index in [-0.39, 0.29) is 17.4 Å². The molecule has 5 nitrogen and oxygen atoms in total. The number of carbonyl (C=O) groups excluding carboxylic acids is 1. The number of ether oxygens (including phenoxy) is 1. The van der Waals surface area contributed by atoms with Crippen LogP contribution in [0.5, 0.6) is 5.75 Å². The van der Waals surface area contributed by atoms with Crippen molar-refractivity contribution in [2.24, 2.45) is 0 Å². The van der Waals surface area contributed by atoms with Crippen LogP contribution in [-0.2, 0) is 0 Å². The first-order valence-electron chi connectivity index (χ1n) is 9.75. The zero-order valence-electron chi connectivity index (χ0n) is 16.2. The van der Waals surface area contributed by atoms with Gasteiger partial charge in [-0.25, -0.2) is 8.78 Å². The molecule has 0 aliphatic carbocycles. The van der Waals surface area contributed by atoms with Crippen LogP contribution in [0.1, 0.15) is 36.0 Å². The number of piperazine rings is 1. The van der Waals surface area contributed by atoms with Gasteiger partial charge in [0.2, 0.25) is 0 Å². The van der Waals surface area contributed by atoms with Gasteiger partial charge in [-0.05, 0) is 44.9 Å². The van der Waals surface area contributed by atoms with Crippen LogP contribution in [-0.4, -0.2) is 80.1 Å². The van der Waals surface area contributed by atoms with Crippen LogP contribution in [0.2, 0.25) is 0 Å². The van der Waals surface area contributed by atoms with Crippen molar-refractivity contribution >= 4 is 5.91 Å². The van der Waals surface area contributed by atoms with Crippen LogP contribution >= 0.6 is 0 Å². The van der Waals surface area contributed by atoms with E-state index in [1.54, 1.807) is 4.90 Å². The van der Waals surface area contributed by atoms with E-state index >= 15 is 0 Å². The fourth-order valence-electron chi connectivity index (χ4n) is 4.02. The summed E-state index contributed by atoms with van der Waals surface area (Å²) < 4.78 is 33.2. The Morgan fingerprint density at radius 3 is 2.59 bits per heavy atom. The van der Waals surface area contributed by atoms with Crippen LogP contribution in [0.15, 0.2) is 12.1 Å². The summed E-state index contributed by atoms with van der Waals surface area (Å²) in [5, 5.41) is 0. The molecule has 1 unspecified atom stereocenters. The number of likely N-dealkylation sites (N-methyl/N-ethyl adjacent to an activating group) is 1. The minimum Gasteiger partial charge on any atom is -0.496 e. The standard InChI is InChI=1S/C20H29F2N3O2/c1-23-11-13-24(14-12-23)10-8-15-5-3-4-9-25(15)20(26)18-17(27-2)7-6-16(21)19(18)22/h6-7,15H,3-5,8-14H2,1-2H3. The number of halogens is 2. The number of hydrogen-bond acceptors (Lipinski definition) is 4. The van der Waals surface area contributed by atoms with Crippen molar-refractivity contribution in [1.29, 1.82) is 0 Å². The summed E-state index contributed by atoms with van der Waals surface area (Å²) >= 11 is 0. The number of hydrogen-bond donors (Lipinski definition) is 0. The lowest BCUT2D eigenvalue weighted by Crippen LogP contribution is -2.48. The molecule has 1 amide bonds. The van der Waals surface area contributed by atoms with Gasteiger partial charge in [0.15, 0.2) is 11.6 Å². The largest absolute Gasteiger partial charge is 0.496 e. The fraction of sp³-hybridized carbons (Fsp3) is 0.650. The van der Waals surface area contributed by atoms with Gasteiger partial charge in [0.25, 0.3) is 5.91 Å².